The monoisotopic (exact) mass is 315 g/mol. The normalized spacial score (nSPS) is 16.1. The van der Waals surface area contributed by atoms with Crippen LogP contribution in [0.1, 0.15) is 17.4 Å². The Hall–Kier alpha value is -1.36. The van der Waals surface area contributed by atoms with Crippen molar-refractivity contribution in [3.63, 3.8) is 0 Å². The summed E-state index contributed by atoms with van der Waals surface area (Å²) in [4.78, 5) is 6.40. The van der Waals surface area contributed by atoms with E-state index in [2.05, 4.69) is 63.8 Å². The first-order valence-electron chi connectivity index (χ1n) is 8.14. The summed E-state index contributed by atoms with van der Waals surface area (Å²) in [7, 11) is 0. The second-order valence-corrected chi connectivity index (χ2v) is 6.80. The highest BCUT2D eigenvalue weighted by Crippen LogP contribution is 2.17. The van der Waals surface area contributed by atoms with E-state index < -0.39 is 0 Å². The van der Waals surface area contributed by atoms with Gasteiger partial charge in [0.15, 0.2) is 0 Å². The number of thiophene rings is 1. The fourth-order valence-electron chi connectivity index (χ4n) is 2.89. The highest BCUT2D eigenvalue weighted by Gasteiger charge is 2.15. The van der Waals surface area contributed by atoms with Gasteiger partial charge in [-0.2, -0.15) is 0 Å². The summed E-state index contributed by atoms with van der Waals surface area (Å²) in [5.41, 5.74) is 2.71. The average Bonchev–Trinajstić information content (AvgIpc) is 3.09. The molecule has 3 nitrogen and oxygen atoms in total. The predicted molar refractivity (Wildman–Crippen MR) is 95.6 cm³/mol. The molecule has 0 atom stereocenters. The molecule has 1 fully saturated rings. The summed E-state index contributed by atoms with van der Waals surface area (Å²) >= 11 is 1.81. The van der Waals surface area contributed by atoms with Crippen LogP contribution >= 0.6 is 11.3 Å². The van der Waals surface area contributed by atoms with Crippen LogP contribution in [0.15, 0.2) is 41.8 Å². The standard InChI is InChI=1S/C18H25N3S/c1-2-20-9-11-21(12-10-20)17-7-5-16(6-8-17)14-19-15-18-4-3-13-22-18/h3-8,13,19H,2,9-12,14-15H2,1H3. The van der Waals surface area contributed by atoms with Crippen LogP contribution < -0.4 is 10.2 Å². The number of hydrogen-bond donors (Lipinski definition) is 1. The molecule has 0 bridgehead atoms. The number of likely N-dealkylation sites (N-methyl/N-ethyl adjacent to an activating group) is 1. The van der Waals surface area contributed by atoms with Gasteiger partial charge in [-0.3, -0.25) is 0 Å². The molecule has 1 saturated heterocycles. The summed E-state index contributed by atoms with van der Waals surface area (Å²) in [6, 6.07) is 13.3. The first-order chi connectivity index (χ1) is 10.8. The van der Waals surface area contributed by atoms with Crippen LogP contribution in [-0.2, 0) is 13.1 Å². The molecule has 22 heavy (non-hydrogen) atoms. The minimum Gasteiger partial charge on any atom is -0.369 e. The molecule has 118 valence electrons. The summed E-state index contributed by atoms with van der Waals surface area (Å²) in [5, 5.41) is 5.64. The Morgan fingerprint density at radius 1 is 1.00 bits per heavy atom. The maximum atomic E-state index is 3.51. The number of benzene rings is 1. The van der Waals surface area contributed by atoms with Gasteiger partial charge in [-0.15, -0.1) is 11.3 Å². The molecular formula is C18H25N3S. The highest BCUT2D eigenvalue weighted by atomic mass is 32.1. The molecule has 3 rings (SSSR count). The minimum atomic E-state index is 0.932. The molecule has 1 aromatic carbocycles. The van der Waals surface area contributed by atoms with Crippen LogP contribution in [0.2, 0.25) is 0 Å². The van der Waals surface area contributed by atoms with Gasteiger partial charge in [0, 0.05) is 49.8 Å². The highest BCUT2D eigenvalue weighted by molar-refractivity contribution is 7.09. The zero-order valence-corrected chi connectivity index (χ0v) is 14.1. The molecule has 4 heteroatoms. The van der Waals surface area contributed by atoms with Crippen LogP contribution in [0.3, 0.4) is 0 Å². The quantitative estimate of drug-likeness (QED) is 0.883. The largest absolute Gasteiger partial charge is 0.369 e. The molecule has 1 aliphatic heterocycles. The predicted octanol–water partition coefficient (Wildman–Crippen LogP) is 3.18. The lowest BCUT2D eigenvalue weighted by molar-refractivity contribution is 0.271. The summed E-state index contributed by atoms with van der Waals surface area (Å²) < 4.78 is 0. The van der Waals surface area contributed by atoms with Crippen molar-refractivity contribution in [1.82, 2.24) is 10.2 Å². The Labute approximate surface area is 137 Å². The van der Waals surface area contributed by atoms with E-state index in [1.54, 1.807) is 0 Å². The van der Waals surface area contributed by atoms with E-state index in [0.717, 1.165) is 26.2 Å². The van der Waals surface area contributed by atoms with Crippen molar-refractivity contribution in [2.75, 3.05) is 37.6 Å². The molecule has 1 N–H and O–H groups in total. The molecule has 0 radical (unpaired) electrons. The molecule has 0 amide bonds. The number of hydrogen-bond acceptors (Lipinski definition) is 4. The molecule has 0 spiro atoms. The molecule has 1 aliphatic rings. The molecule has 1 aromatic heterocycles. The summed E-state index contributed by atoms with van der Waals surface area (Å²) in [5.74, 6) is 0. The van der Waals surface area contributed by atoms with Crippen molar-refractivity contribution in [2.45, 2.75) is 20.0 Å². The van der Waals surface area contributed by atoms with Gasteiger partial charge in [0.05, 0.1) is 0 Å². The third-order valence-corrected chi connectivity index (χ3v) is 5.21. The molecular weight excluding hydrogens is 290 g/mol. The Morgan fingerprint density at radius 3 is 2.41 bits per heavy atom. The third-order valence-electron chi connectivity index (χ3n) is 4.33. The minimum absolute atomic E-state index is 0.932. The van der Waals surface area contributed by atoms with Crippen LogP contribution in [0.4, 0.5) is 5.69 Å². The van der Waals surface area contributed by atoms with E-state index in [1.165, 1.54) is 35.8 Å². The van der Waals surface area contributed by atoms with Crippen molar-refractivity contribution in [3.05, 3.63) is 52.2 Å². The molecule has 2 heterocycles. The van der Waals surface area contributed by atoms with Crippen molar-refractivity contribution in [2.24, 2.45) is 0 Å². The molecule has 0 saturated carbocycles. The van der Waals surface area contributed by atoms with Gasteiger partial charge in [-0.05, 0) is 35.7 Å². The topological polar surface area (TPSA) is 18.5 Å². The van der Waals surface area contributed by atoms with Gasteiger partial charge >= 0.3 is 0 Å². The number of rotatable bonds is 6. The molecule has 0 aliphatic carbocycles. The fourth-order valence-corrected chi connectivity index (χ4v) is 3.56. The Balaban J connectivity index is 1.48. The fraction of sp³-hybridized carbons (Fsp3) is 0.444. The van der Waals surface area contributed by atoms with E-state index in [0.29, 0.717) is 0 Å². The van der Waals surface area contributed by atoms with Gasteiger partial charge in [0.1, 0.15) is 0 Å². The van der Waals surface area contributed by atoms with Crippen molar-refractivity contribution in [1.29, 1.82) is 0 Å². The Kier molecular flexibility index (Phi) is 5.48. The van der Waals surface area contributed by atoms with Gasteiger partial charge in [-0.25, -0.2) is 0 Å². The van der Waals surface area contributed by atoms with Crippen LogP contribution in [0.5, 0.6) is 0 Å². The van der Waals surface area contributed by atoms with E-state index in [-0.39, 0.29) is 0 Å². The summed E-state index contributed by atoms with van der Waals surface area (Å²) in [6.45, 7) is 9.95. The second kappa shape index (κ2) is 7.77. The first-order valence-corrected chi connectivity index (χ1v) is 9.02. The Bertz CT molecular complexity index is 542. The lowest BCUT2D eigenvalue weighted by Crippen LogP contribution is -2.46. The van der Waals surface area contributed by atoms with Crippen molar-refractivity contribution in [3.8, 4) is 0 Å². The average molecular weight is 315 g/mol. The Morgan fingerprint density at radius 2 is 1.77 bits per heavy atom. The maximum Gasteiger partial charge on any atom is 0.0367 e. The molecule has 2 aromatic rings. The van der Waals surface area contributed by atoms with E-state index >= 15 is 0 Å². The van der Waals surface area contributed by atoms with Gasteiger partial charge < -0.3 is 15.1 Å². The lowest BCUT2D eigenvalue weighted by Gasteiger charge is -2.35. The van der Waals surface area contributed by atoms with E-state index in [9.17, 15) is 0 Å². The zero-order chi connectivity index (χ0) is 15.2. The van der Waals surface area contributed by atoms with Crippen molar-refractivity contribution >= 4 is 17.0 Å². The number of anilines is 1. The zero-order valence-electron chi connectivity index (χ0n) is 13.3. The van der Waals surface area contributed by atoms with Gasteiger partial charge in [0.2, 0.25) is 0 Å². The summed E-state index contributed by atoms with van der Waals surface area (Å²) in [6.07, 6.45) is 0. The number of nitrogens with zero attached hydrogens (tertiary/aromatic N) is 2. The second-order valence-electron chi connectivity index (χ2n) is 5.77. The van der Waals surface area contributed by atoms with E-state index in [1.807, 2.05) is 11.3 Å². The van der Waals surface area contributed by atoms with Gasteiger partial charge in [-0.1, -0.05) is 25.1 Å². The van der Waals surface area contributed by atoms with E-state index in [4.69, 9.17) is 0 Å². The third kappa shape index (κ3) is 4.09. The van der Waals surface area contributed by atoms with Gasteiger partial charge in [0.25, 0.3) is 0 Å². The van der Waals surface area contributed by atoms with Crippen LogP contribution in [-0.4, -0.2) is 37.6 Å². The molecule has 0 unspecified atom stereocenters. The van der Waals surface area contributed by atoms with Crippen molar-refractivity contribution < 1.29 is 0 Å². The maximum absolute atomic E-state index is 3.51. The van der Waals surface area contributed by atoms with Crippen LogP contribution in [0, 0.1) is 0 Å². The first kappa shape index (κ1) is 15.5. The number of piperazine rings is 1. The number of nitrogens with one attached hydrogen (secondary N) is 1. The van der Waals surface area contributed by atoms with Crippen LogP contribution in [0.25, 0.3) is 0 Å². The SMILES string of the molecule is CCN1CCN(c2ccc(CNCc3cccs3)cc2)CC1. The smallest absolute Gasteiger partial charge is 0.0367 e. The lowest BCUT2D eigenvalue weighted by atomic mass is 10.1.